The van der Waals surface area contributed by atoms with Gasteiger partial charge in [-0.25, -0.2) is 0 Å². The Balaban J connectivity index is 2.19. The van der Waals surface area contributed by atoms with Crippen LogP contribution in [0.1, 0.15) is 0 Å². The van der Waals surface area contributed by atoms with Gasteiger partial charge in [0.25, 0.3) is 0 Å². The normalized spacial score (nSPS) is 8.40. The van der Waals surface area contributed by atoms with Crippen LogP contribution in [-0.4, -0.2) is 18.8 Å². The average molecular weight is 75.1 g/mol. The van der Waals surface area contributed by atoms with Crippen molar-refractivity contribution in [3.8, 4) is 0 Å². The summed E-state index contributed by atoms with van der Waals surface area (Å²) >= 11 is 0. The van der Waals surface area contributed by atoms with E-state index in [2.05, 4.69) is 4.74 Å². The standard InChI is InChI=1S/C3H7O2/c1-5-3-2-4/h2,4H,3H2,1H3. The van der Waals surface area contributed by atoms with Crippen LogP contribution in [0.25, 0.3) is 0 Å². The minimum absolute atomic E-state index is 0.319. The maximum atomic E-state index is 7.82. The van der Waals surface area contributed by atoms with Crippen LogP contribution in [0.15, 0.2) is 0 Å². The van der Waals surface area contributed by atoms with Crippen molar-refractivity contribution < 1.29 is 9.84 Å². The molecule has 0 unspecified atom stereocenters. The summed E-state index contributed by atoms with van der Waals surface area (Å²) in [6.07, 6.45) is 0. The Kier molecular flexibility index (Phi) is 3.86. The van der Waals surface area contributed by atoms with Gasteiger partial charge in [-0.2, -0.15) is 0 Å². The van der Waals surface area contributed by atoms with E-state index in [1.807, 2.05) is 0 Å². The molecule has 5 heavy (non-hydrogen) atoms. The molecule has 0 atom stereocenters. The third-order valence-electron chi connectivity index (χ3n) is 0.241. The van der Waals surface area contributed by atoms with Crippen molar-refractivity contribution in [1.29, 1.82) is 0 Å². The fourth-order valence-electron chi connectivity index (χ4n) is 0.0745. The molecule has 0 aliphatic rings. The topological polar surface area (TPSA) is 29.5 Å². The van der Waals surface area contributed by atoms with Gasteiger partial charge in [-0.15, -0.1) is 0 Å². The number of hydrogen-bond donors (Lipinski definition) is 1. The molecule has 0 aromatic carbocycles. The maximum Gasteiger partial charge on any atom is 0.105 e. The average Bonchev–Trinajstić information content (AvgIpc) is 1.41. The Hall–Kier alpha value is -0.0800. The van der Waals surface area contributed by atoms with E-state index in [9.17, 15) is 0 Å². The van der Waals surface area contributed by atoms with E-state index in [1.165, 1.54) is 7.11 Å². The zero-order chi connectivity index (χ0) is 4.12. The first kappa shape index (κ1) is 4.92. The van der Waals surface area contributed by atoms with Crippen LogP contribution in [0.3, 0.4) is 0 Å². The van der Waals surface area contributed by atoms with Gasteiger partial charge < -0.3 is 9.84 Å². The highest BCUT2D eigenvalue weighted by molar-refractivity contribution is 4.35. The predicted molar refractivity (Wildman–Crippen MR) is 18.1 cm³/mol. The van der Waals surface area contributed by atoms with E-state index >= 15 is 0 Å². The van der Waals surface area contributed by atoms with Crippen molar-refractivity contribution in [2.24, 2.45) is 0 Å². The fraction of sp³-hybridized carbons (Fsp3) is 0.667. The Bertz CT molecular complexity index is 12.4. The summed E-state index contributed by atoms with van der Waals surface area (Å²) in [4.78, 5) is 0. The quantitative estimate of drug-likeness (QED) is 0.507. The first-order valence-corrected chi connectivity index (χ1v) is 1.36. The van der Waals surface area contributed by atoms with E-state index in [1.54, 1.807) is 0 Å². The van der Waals surface area contributed by atoms with Crippen LogP contribution in [0.4, 0.5) is 0 Å². The molecule has 0 rings (SSSR count). The molecule has 0 saturated heterocycles. The Morgan fingerprint density at radius 2 is 2.60 bits per heavy atom. The molecule has 0 saturated carbocycles. The van der Waals surface area contributed by atoms with Crippen LogP contribution in [0.5, 0.6) is 0 Å². The lowest BCUT2D eigenvalue weighted by molar-refractivity contribution is 0.177. The highest BCUT2D eigenvalue weighted by atomic mass is 16.5. The fourth-order valence-corrected chi connectivity index (χ4v) is 0.0745. The molecule has 1 radical (unpaired) electrons. The van der Waals surface area contributed by atoms with Gasteiger partial charge in [0, 0.05) is 7.11 Å². The smallest absolute Gasteiger partial charge is 0.105 e. The van der Waals surface area contributed by atoms with E-state index in [-0.39, 0.29) is 0 Å². The summed E-state index contributed by atoms with van der Waals surface area (Å²) in [6.45, 7) is 1.28. The highest BCUT2D eigenvalue weighted by Gasteiger charge is 1.68. The van der Waals surface area contributed by atoms with Crippen molar-refractivity contribution in [2.45, 2.75) is 0 Å². The molecule has 0 amide bonds. The summed E-state index contributed by atoms with van der Waals surface area (Å²) in [7, 11) is 1.52. The molecule has 0 aliphatic carbocycles. The first-order chi connectivity index (χ1) is 2.41. The zero-order valence-corrected chi connectivity index (χ0v) is 3.14. The molecule has 0 fully saturated rings. The van der Waals surface area contributed by atoms with Gasteiger partial charge in [-0.05, 0) is 0 Å². The predicted octanol–water partition coefficient (Wildman–Crippen LogP) is 0.167. The van der Waals surface area contributed by atoms with Crippen LogP contribution in [0.2, 0.25) is 0 Å². The lowest BCUT2D eigenvalue weighted by Gasteiger charge is -1.83. The number of aliphatic hydroxyl groups is 1. The molecule has 0 heterocycles. The minimum Gasteiger partial charge on any atom is -0.388 e. The molecular weight excluding hydrogens is 68.0 g/mol. The van der Waals surface area contributed by atoms with E-state index in [4.69, 9.17) is 5.11 Å². The van der Waals surface area contributed by atoms with Crippen LogP contribution >= 0.6 is 0 Å². The molecule has 0 aliphatic heterocycles. The lowest BCUT2D eigenvalue weighted by Crippen LogP contribution is -1.84. The lowest BCUT2D eigenvalue weighted by atomic mass is 10.8. The summed E-state index contributed by atoms with van der Waals surface area (Å²) < 4.78 is 4.39. The van der Waals surface area contributed by atoms with E-state index in [0.29, 0.717) is 6.61 Å². The Labute approximate surface area is 31.4 Å². The van der Waals surface area contributed by atoms with Gasteiger partial charge in [-0.1, -0.05) is 0 Å². The molecule has 0 aromatic heterocycles. The summed E-state index contributed by atoms with van der Waals surface area (Å²) in [5.41, 5.74) is 0. The third kappa shape index (κ3) is 3.92. The monoisotopic (exact) mass is 75.0 g/mol. The minimum atomic E-state index is 0.319. The molecule has 1 N–H and O–H groups in total. The second kappa shape index (κ2) is 3.92. The number of methoxy groups -OCH3 is 1. The van der Waals surface area contributed by atoms with E-state index in [0.717, 1.165) is 6.61 Å². The van der Waals surface area contributed by atoms with Gasteiger partial charge in [0.1, 0.15) is 6.61 Å². The van der Waals surface area contributed by atoms with Gasteiger partial charge in [0.2, 0.25) is 0 Å². The van der Waals surface area contributed by atoms with Gasteiger partial charge in [0.15, 0.2) is 0 Å². The van der Waals surface area contributed by atoms with Crippen molar-refractivity contribution in [2.75, 3.05) is 13.7 Å². The Morgan fingerprint density at radius 3 is 2.60 bits per heavy atom. The maximum absolute atomic E-state index is 7.82. The first-order valence-electron chi connectivity index (χ1n) is 1.36. The molecule has 0 aromatic rings. The molecule has 2 nitrogen and oxygen atoms in total. The number of aliphatic hydroxyl groups excluding tert-OH is 1. The molecular formula is C3H7O2. The number of hydrogen-bond acceptors (Lipinski definition) is 2. The molecule has 2 heteroatoms. The van der Waals surface area contributed by atoms with Crippen LogP contribution in [0, 0.1) is 6.61 Å². The van der Waals surface area contributed by atoms with Crippen molar-refractivity contribution in [3.05, 3.63) is 6.61 Å². The van der Waals surface area contributed by atoms with Crippen LogP contribution in [-0.2, 0) is 4.74 Å². The molecule has 0 bridgehead atoms. The number of ether oxygens (including phenoxy) is 1. The van der Waals surface area contributed by atoms with Crippen molar-refractivity contribution >= 4 is 0 Å². The summed E-state index contributed by atoms with van der Waals surface area (Å²) in [5.74, 6) is 0. The second-order valence-electron chi connectivity index (χ2n) is 0.638. The van der Waals surface area contributed by atoms with Gasteiger partial charge in [0.05, 0.1) is 6.61 Å². The summed E-state index contributed by atoms with van der Waals surface area (Å²) in [5, 5.41) is 7.82. The van der Waals surface area contributed by atoms with E-state index < -0.39 is 0 Å². The third-order valence-corrected chi connectivity index (χ3v) is 0.241. The zero-order valence-electron chi connectivity index (χ0n) is 3.14. The second-order valence-corrected chi connectivity index (χ2v) is 0.638. The SMILES string of the molecule is COC[CH]O. The van der Waals surface area contributed by atoms with Gasteiger partial charge >= 0.3 is 0 Å². The van der Waals surface area contributed by atoms with Crippen LogP contribution < -0.4 is 0 Å². The number of rotatable bonds is 2. The largest absolute Gasteiger partial charge is 0.388 e. The van der Waals surface area contributed by atoms with Gasteiger partial charge in [-0.3, -0.25) is 0 Å². The summed E-state index contributed by atoms with van der Waals surface area (Å²) in [6, 6.07) is 0. The molecule has 31 valence electrons. The van der Waals surface area contributed by atoms with Crippen molar-refractivity contribution in [3.63, 3.8) is 0 Å². The Morgan fingerprint density at radius 1 is 2.00 bits per heavy atom. The highest BCUT2D eigenvalue weighted by Crippen LogP contribution is 1.63. The van der Waals surface area contributed by atoms with Crippen molar-refractivity contribution in [1.82, 2.24) is 0 Å². The molecule has 0 spiro atoms.